The summed E-state index contributed by atoms with van der Waals surface area (Å²) in [5, 5.41) is 0. The largest absolute Gasteiger partial charge is 0.238 e. The van der Waals surface area contributed by atoms with Crippen molar-refractivity contribution >= 4 is 28.4 Å². The first-order valence-corrected chi connectivity index (χ1v) is 17.1. The minimum atomic E-state index is 0.324. The van der Waals surface area contributed by atoms with E-state index >= 15 is 0 Å². The molecule has 0 saturated carbocycles. The van der Waals surface area contributed by atoms with E-state index in [-0.39, 0.29) is 0 Å². The predicted molar refractivity (Wildman–Crippen MR) is 206 cm³/mol. The quantitative estimate of drug-likeness (QED) is 0.0886. The zero-order valence-electron chi connectivity index (χ0n) is 28.3. The highest BCUT2D eigenvalue weighted by Crippen LogP contribution is 2.37. The lowest BCUT2D eigenvalue weighted by Gasteiger charge is -2.24. The Labute approximate surface area is 282 Å². The molecule has 2 aliphatic carbocycles. The lowest BCUT2D eigenvalue weighted by molar-refractivity contribution is 0.624. The van der Waals surface area contributed by atoms with Crippen LogP contribution in [0.3, 0.4) is 0 Å². The molecule has 5 rings (SSSR count). The lowest BCUT2D eigenvalue weighted by atomic mass is 9.82. The van der Waals surface area contributed by atoms with Gasteiger partial charge >= 0.3 is 0 Å². The molecule has 0 saturated heterocycles. The molecule has 0 bridgehead atoms. The molecule has 0 aliphatic heterocycles. The minimum absolute atomic E-state index is 0.324. The molecule has 0 spiro atoms. The summed E-state index contributed by atoms with van der Waals surface area (Å²) in [5.74, 6) is 1.50. The third-order valence-corrected chi connectivity index (χ3v) is 9.19. The molecule has 0 radical (unpaired) electrons. The SMILES string of the molecule is C=C/C=C(/N=C(\N=C(/C)C1CC=C(c2ccc(C(C/C=C\C)/C(=C\C)c3ccccc3)cc2)CC1)C1=CCCC=C1)c1ccccc1. The van der Waals surface area contributed by atoms with Crippen molar-refractivity contribution in [2.75, 3.05) is 0 Å². The Morgan fingerprint density at radius 1 is 0.872 bits per heavy atom. The van der Waals surface area contributed by atoms with Crippen LogP contribution in [0.1, 0.15) is 87.5 Å². The van der Waals surface area contributed by atoms with Crippen LogP contribution in [0.4, 0.5) is 0 Å². The van der Waals surface area contributed by atoms with Crippen LogP contribution in [0.5, 0.6) is 0 Å². The van der Waals surface area contributed by atoms with Crippen LogP contribution in [-0.2, 0) is 0 Å². The van der Waals surface area contributed by atoms with E-state index in [0.29, 0.717) is 11.8 Å². The molecule has 0 amide bonds. The highest BCUT2D eigenvalue weighted by Gasteiger charge is 2.21. The molecule has 47 heavy (non-hydrogen) atoms. The summed E-state index contributed by atoms with van der Waals surface area (Å²) in [7, 11) is 0. The molecular formula is C45H48N2. The Bertz CT molecular complexity index is 1740. The summed E-state index contributed by atoms with van der Waals surface area (Å²) in [6, 6.07) is 30.4. The maximum atomic E-state index is 5.21. The standard InChI is InChI=1S/C45H48N2/c1-5-8-25-43(42(7-3)38-19-12-9-13-20-38)39-32-30-37(31-33-39)36-28-26-35(27-29-36)34(4)46-45(41-23-16-11-17-24-41)47-44(18-6-2)40-21-14-10-15-22-40/h5-10,12-16,18-24,28,30-33,35,43H,2,11,17,25-27,29H2,1,3-4H3/b8-5-,42-7-,44-18+,46-34+,47-45-. The van der Waals surface area contributed by atoms with Crippen molar-refractivity contribution < 1.29 is 0 Å². The summed E-state index contributed by atoms with van der Waals surface area (Å²) >= 11 is 0. The van der Waals surface area contributed by atoms with Crippen LogP contribution in [0.25, 0.3) is 16.8 Å². The van der Waals surface area contributed by atoms with Gasteiger partial charge in [0.05, 0.1) is 5.70 Å². The van der Waals surface area contributed by atoms with Gasteiger partial charge in [0, 0.05) is 28.7 Å². The number of rotatable bonds is 11. The van der Waals surface area contributed by atoms with E-state index in [1.54, 1.807) is 6.08 Å². The highest BCUT2D eigenvalue weighted by molar-refractivity contribution is 6.10. The first-order valence-electron chi connectivity index (χ1n) is 17.1. The zero-order chi connectivity index (χ0) is 32.8. The maximum absolute atomic E-state index is 5.21. The van der Waals surface area contributed by atoms with Crippen LogP contribution in [0.15, 0.2) is 162 Å². The molecule has 238 valence electrons. The maximum Gasteiger partial charge on any atom is 0.159 e. The Morgan fingerprint density at radius 2 is 1.60 bits per heavy atom. The smallest absolute Gasteiger partial charge is 0.159 e. The van der Waals surface area contributed by atoms with Gasteiger partial charge < -0.3 is 0 Å². The molecule has 0 N–H and O–H groups in total. The van der Waals surface area contributed by atoms with E-state index in [9.17, 15) is 0 Å². The van der Waals surface area contributed by atoms with Crippen molar-refractivity contribution in [2.45, 2.75) is 65.2 Å². The van der Waals surface area contributed by atoms with Gasteiger partial charge in [-0.15, -0.1) is 0 Å². The number of amidine groups is 1. The molecular weight excluding hydrogens is 569 g/mol. The molecule has 3 aromatic carbocycles. The summed E-state index contributed by atoms with van der Waals surface area (Å²) in [6.45, 7) is 10.4. The Morgan fingerprint density at radius 3 is 2.19 bits per heavy atom. The predicted octanol–water partition coefficient (Wildman–Crippen LogP) is 12.4. The average Bonchev–Trinajstić information content (AvgIpc) is 3.14. The fourth-order valence-electron chi connectivity index (χ4n) is 6.54. The van der Waals surface area contributed by atoms with Gasteiger partial charge in [0.15, 0.2) is 5.84 Å². The third kappa shape index (κ3) is 8.92. The fraction of sp³-hybridized carbons (Fsp3) is 0.244. The summed E-state index contributed by atoms with van der Waals surface area (Å²) in [4.78, 5) is 10.3. The van der Waals surface area contributed by atoms with E-state index in [1.807, 2.05) is 24.3 Å². The second kappa shape index (κ2) is 17.2. The summed E-state index contributed by atoms with van der Waals surface area (Å²) < 4.78 is 0. The molecule has 2 unspecified atom stereocenters. The number of benzene rings is 3. The van der Waals surface area contributed by atoms with Gasteiger partial charge in [-0.3, -0.25) is 0 Å². The van der Waals surface area contributed by atoms with Crippen molar-refractivity contribution in [2.24, 2.45) is 15.9 Å². The molecule has 2 aliphatic rings. The van der Waals surface area contributed by atoms with Gasteiger partial charge in [-0.2, -0.15) is 0 Å². The second-order valence-corrected chi connectivity index (χ2v) is 12.3. The first kappa shape index (κ1) is 33.5. The molecule has 0 heterocycles. The Hall–Kier alpha value is -4.82. The van der Waals surface area contributed by atoms with Gasteiger partial charge in [0.2, 0.25) is 0 Å². The highest BCUT2D eigenvalue weighted by atomic mass is 14.9. The van der Waals surface area contributed by atoms with Crippen molar-refractivity contribution in [3.8, 4) is 0 Å². The van der Waals surface area contributed by atoms with Gasteiger partial charge in [-0.05, 0) is 93.2 Å². The number of nitrogens with zero attached hydrogens (tertiary/aromatic N) is 2. The van der Waals surface area contributed by atoms with Crippen LogP contribution in [0.2, 0.25) is 0 Å². The van der Waals surface area contributed by atoms with E-state index < -0.39 is 0 Å². The van der Waals surface area contributed by atoms with Gasteiger partial charge in [-0.25, -0.2) is 9.98 Å². The van der Waals surface area contributed by atoms with Crippen LogP contribution in [-0.4, -0.2) is 11.5 Å². The fourth-order valence-corrected chi connectivity index (χ4v) is 6.54. The molecule has 3 aromatic rings. The van der Waals surface area contributed by atoms with Crippen LogP contribution in [0, 0.1) is 5.92 Å². The van der Waals surface area contributed by atoms with Gasteiger partial charge in [0.1, 0.15) is 0 Å². The Balaban J connectivity index is 1.35. The molecule has 2 atom stereocenters. The monoisotopic (exact) mass is 616 g/mol. The van der Waals surface area contributed by atoms with Crippen LogP contribution < -0.4 is 0 Å². The van der Waals surface area contributed by atoms with Gasteiger partial charge in [0.25, 0.3) is 0 Å². The first-order chi connectivity index (χ1) is 23.1. The number of allylic oxidation sites excluding steroid dienone is 10. The lowest BCUT2D eigenvalue weighted by Crippen LogP contribution is -2.16. The van der Waals surface area contributed by atoms with Crippen molar-refractivity contribution in [1.82, 2.24) is 0 Å². The second-order valence-electron chi connectivity index (χ2n) is 12.3. The normalized spacial score (nSPS) is 18.6. The molecule has 2 nitrogen and oxygen atoms in total. The van der Waals surface area contributed by atoms with Crippen molar-refractivity contribution in [3.05, 3.63) is 174 Å². The van der Waals surface area contributed by atoms with Crippen molar-refractivity contribution in [1.29, 1.82) is 0 Å². The number of hydrogen-bond donors (Lipinski definition) is 0. The van der Waals surface area contributed by atoms with E-state index in [0.717, 1.165) is 66.9 Å². The summed E-state index contributed by atoms with van der Waals surface area (Å²) in [6.07, 6.45) is 25.8. The molecule has 2 heteroatoms. The van der Waals surface area contributed by atoms with E-state index in [1.165, 1.54) is 27.8 Å². The summed E-state index contributed by atoms with van der Waals surface area (Å²) in [5.41, 5.74) is 11.0. The Kier molecular flexibility index (Phi) is 12.3. The van der Waals surface area contributed by atoms with E-state index in [4.69, 9.17) is 9.98 Å². The van der Waals surface area contributed by atoms with Crippen molar-refractivity contribution in [3.63, 3.8) is 0 Å². The van der Waals surface area contributed by atoms with E-state index in [2.05, 4.69) is 137 Å². The minimum Gasteiger partial charge on any atom is -0.238 e. The molecule has 0 aromatic heterocycles. The van der Waals surface area contributed by atoms with Crippen LogP contribution >= 0.6 is 0 Å². The average molecular weight is 617 g/mol. The number of hydrogen-bond acceptors (Lipinski definition) is 1. The topological polar surface area (TPSA) is 24.7 Å². The zero-order valence-corrected chi connectivity index (χ0v) is 28.3. The van der Waals surface area contributed by atoms with Gasteiger partial charge in [-0.1, -0.05) is 140 Å². The third-order valence-electron chi connectivity index (χ3n) is 9.19. The molecule has 0 fully saturated rings. The number of aliphatic imine (C=N–C) groups is 2.